The summed E-state index contributed by atoms with van der Waals surface area (Å²) >= 11 is 3.44. The van der Waals surface area contributed by atoms with Gasteiger partial charge in [-0.15, -0.1) is 0 Å². The van der Waals surface area contributed by atoms with E-state index in [0.29, 0.717) is 12.1 Å². The summed E-state index contributed by atoms with van der Waals surface area (Å²) in [5, 5.41) is 11.9. The lowest BCUT2D eigenvalue weighted by Crippen LogP contribution is -2.33. The maximum Gasteiger partial charge on any atom is 0.255 e. The van der Waals surface area contributed by atoms with Gasteiger partial charge in [0.2, 0.25) is 5.91 Å². The topological polar surface area (TPSA) is 115 Å². The van der Waals surface area contributed by atoms with Gasteiger partial charge in [-0.2, -0.15) is 5.10 Å². The smallest absolute Gasteiger partial charge is 0.255 e. The number of amides is 2. The summed E-state index contributed by atoms with van der Waals surface area (Å²) in [6.45, 7) is 4.65. The third kappa shape index (κ3) is 5.03. The number of nitrogens with two attached hydrogens (primary N) is 1. The SMILES string of the molecule is CCn1ncc2c(NC3CCC(C(N)=O)CC3)c(C(=O)N[C@H](C)c3ccc(Br)cc3)cnc21. The van der Waals surface area contributed by atoms with E-state index in [2.05, 4.69) is 36.6 Å². The van der Waals surface area contributed by atoms with Gasteiger partial charge in [-0.25, -0.2) is 9.67 Å². The summed E-state index contributed by atoms with van der Waals surface area (Å²) in [7, 11) is 0. The highest BCUT2D eigenvalue weighted by Crippen LogP contribution is 2.32. The summed E-state index contributed by atoms with van der Waals surface area (Å²) < 4.78 is 2.81. The van der Waals surface area contributed by atoms with Crippen LogP contribution < -0.4 is 16.4 Å². The number of aromatic nitrogens is 3. The number of aryl methyl sites for hydroxylation is 1. The first-order valence-corrected chi connectivity index (χ1v) is 12.1. The quantitative estimate of drug-likeness (QED) is 0.439. The highest BCUT2D eigenvalue weighted by Gasteiger charge is 2.27. The number of hydrogen-bond acceptors (Lipinski definition) is 5. The number of halogens is 1. The van der Waals surface area contributed by atoms with Crippen molar-refractivity contribution in [1.29, 1.82) is 0 Å². The van der Waals surface area contributed by atoms with Gasteiger partial charge in [0.05, 0.1) is 28.9 Å². The number of nitrogens with zero attached hydrogens (tertiary/aromatic N) is 3. The summed E-state index contributed by atoms with van der Waals surface area (Å²) in [5.74, 6) is -0.499. The Bertz CT molecular complexity index is 1150. The molecule has 0 unspecified atom stereocenters. The summed E-state index contributed by atoms with van der Waals surface area (Å²) in [6, 6.07) is 7.86. The second kappa shape index (κ2) is 9.91. The lowest BCUT2D eigenvalue weighted by atomic mass is 9.85. The Morgan fingerprint density at radius 2 is 1.88 bits per heavy atom. The Morgan fingerprint density at radius 3 is 2.52 bits per heavy atom. The summed E-state index contributed by atoms with van der Waals surface area (Å²) in [6.07, 6.45) is 6.51. The number of carbonyl (C=O) groups excluding carboxylic acids is 2. The van der Waals surface area contributed by atoms with Gasteiger partial charge < -0.3 is 16.4 Å². The van der Waals surface area contributed by atoms with E-state index in [9.17, 15) is 9.59 Å². The molecule has 0 radical (unpaired) electrons. The molecule has 2 amide bonds. The Kier molecular flexibility index (Phi) is 6.97. The van der Waals surface area contributed by atoms with Crippen molar-refractivity contribution in [2.45, 2.75) is 58.2 Å². The molecule has 4 rings (SSSR count). The Hall–Kier alpha value is -2.94. The second-order valence-electron chi connectivity index (χ2n) is 8.59. The maximum absolute atomic E-state index is 13.3. The van der Waals surface area contributed by atoms with Crippen molar-refractivity contribution in [3.63, 3.8) is 0 Å². The van der Waals surface area contributed by atoms with E-state index >= 15 is 0 Å². The van der Waals surface area contributed by atoms with Crippen LogP contribution in [-0.4, -0.2) is 32.6 Å². The lowest BCUT2D eigenvalue weighted by molar-refractivity contribution is -0.122. The molecule has 2 heterocycles. The molecule has 1 saturated carbocycles. The monoisotopic (exact) mass is 512 g/mol. The van der Waals surface area contributed by atoms with Gasteiger partial charge in [-0.05, 0) is 57.2 Å². The first-order chi connectivity index (χ1) is 15.9. The number of fused-ring (bicyclic) bond motifs is 1. The highest BCUT2D eigenvalue weighted by atomic mass is 79.9. The Morgan fingerprint density at radius 1 is 1.18 bits per heavy atom. The van der Waals surface area contributed by atoms with E-state index in [-0.39, 0.29) is 29.8 Å². The Balaban J connectivity index is 1.61. The first kappa shape index (κ1) is 23.2. The predicted octanol–water partition coefficient (Wildman–Crippen LogP) is 4.16. The standard InChI is InChI=1S/C24H29BrN6O2/c1-3-31-23-19(13-28-31)21(30-18-10-6-16(7-11-18)22(26)32)20(12-27-23)24(33)29-14(2)15-4-8-17(25)9-5-15/h4-5,8-9,12-14,16,18H,3,6-7,10-11H2,1-2H3,(H2,26,32)(H,27,30)(H,29,33)/t14-,16?,18?/m1/s1. The molecule has 2 aromatic heterocycles. The van der Waals surface area contributed by atoms with Crippen LogP contribution in [0.5, 0.6) is 0 Å². The van der Waals surface area contributed by atoms with E-state index < -0.39 is 0 Å². The number of nitrogens with one attached hydrogen (secondary N) is 2. The molecule has 1 aromatic carbocycles. The van der Waals surface area contributed by atoms with Crippen LogP contribution in [-0.2, 0) is 11.3 Å². The molecule has 174 valence electrons. The van der Waals surface area contributed by atoms with E-state index in [0.717, 1.165) is 52.4 Å². The zero-order chi connectivity index (χ0) is 23.5. The minimum atomic E-state index is -0.231. The molecule has 8 nitrogen and oxygen atoms in total. The molecule has 0 saturated heterocycles. The van der Waals surface area contributed by atoms with Crippen molar-refractivity contribution >= 4 is 44.5 Å². The van der Waals surface area contributed by atoms with Gasteiger partial charge in [-0.3, -0.25) is 9.59 Å². The van der Waals surface area contributed by atoms with Crippen molar-refractivity contribution < 1.29 is 9.59 Å². The molecule has 1 aliphatic rings. The van der Waals surface area contributed by atoms with Crippen LogP contribution in [0.2, 0.25) is 0 Å². The zero-order valence-corrected chi connectivity index (χ0v) is 20.4. The Labute approximate surface area is 201 Å². The zero-order valence-electron chi connectivity index (χ0n) is 18.8. The minimum Gasteiger partial charge on any atom is -0.381 e. The fraction of sp³-hybridized carbons (Fsp3) is 0.417. The number of pyridine rings is 1. The van der Waals surface area contributed by atoms with Gasteiger partial charge in [0.1, 0.15) is 0 Å². The van der Waals surface area contributed by atoms with Crippen LogP contribution in [0.4, 0.5) is 5.69 Å². The van der Waals surface area contributed by atoms with Crippen LogP contribution in [0.3, 0.4) is 0 Å². The number of anilines is 1. The third-order valence-electron chi connectivity index (χ3n) is 6.41. The number of primary amides is 1. The third-order valence-corrected chi connectivity index (χ3v) is 6.93. The molecule has 3 aromatic rings. The van der Waals surface area contributed by atoms with Gasteiger partial charge in [0.25, 0.3) is 5.91 Å². The van der Waals surface area contributed by atoms with Crippen molar-refractivity contribution in [2.24, 2.45) is 11.7 Å². The van der Waals surface area contributed by atoms with Gasteiger partial charge in [0, 0.05) is 29.2 Å². The summed E-state index contributed by atoms with van der Waals surface area (Å²) in [5.41, 5.74) is 8.47. The molecular formula is C24H29BrN6O2. The first-order valence-electron chi connectivity index (χ1n) is 11.3. The largest absolute Gasteiger partial charge is 0.381 e. The van der Waals surface area contributed by atoms with Gasteiger partial charge >= 0.3 is 0 Å². The van der Waals surface area contributed by atoms with Crippen LogP contribution in [0.25, 0.3) is 11.0 Å². The predicted molar refractivity (Wildman–Crippen MR) is 132 cm³/mol. The minimum absolute atomic E-state index is 0.0714. The molecular weight excluding hydrogens is 484 g/mol. The molecule has 1 aliphatic carbocycles. The van der Waals surface area contributed by atoms with E-state index in [1.54, 1.807) is 12.4 Å². The second-order valence-corrected chi connectivity index (χ2v) is 9.50. The van der Waals surface area contributed by atoms with Crippen LogP contribution in [0.15, 0.2) is 41.1 Å². The molecule has 0 aliphatic heterocycles. The number of carbonyl (C=O) groups is 2. The normalized spacial score (nSPS) is 19.2. The molecule has 1 atom stereocenters. The van der Waals surface area contributed by atoms with Crippen molar-refractivity contribution in [3.05, 3.63) is 52.3 Å². The van der Waals surface area contributed by atoms with Crippen LogP contribution in [0, 0.1) is 5.92 Å². The molecule has 0 bridgehead atoms. The van der Waals surface area contributed by atoms with Crippen molar-refractivity contribution in [3.8, 4) is 0 Å². The molecule has 4 N–H and O–H groups in total. The fourth-order valence-corrected chi connectivity index (χ4v) is 4.69. The van der Waals surface area contributed by atoms with E-state index in [1.807, 2.05) is 42.8 Å². The van der Waals surface area contributed by atoms with E-state index in [4.69, 9.17) is 5.73 Å². The lowest BCUT2D eigenvalue weighted by Gasteiger charge is -2.29. The van der Waals surface area contributed by atoms with Gasteiger partial charge in [-0.1, -0.05) is 28.1 Å². The average Bonchev–Trinajstić information content (AvgIpc) is 3.23. The van der Waals surface area contributed by atoms with Crippen LogP contribution >= 0.6 is 15.9 Å². The molecule has 0 spiro atoms. The van der Waals surface area contributed by atoms with Crippen LogP contribution in [0.1, 0.15) is 61.5 Å². The number of benzene rings is 1. The number of hydrogen-bond donors (Lipinski definition) is 3. The van der Waals surface area contributed by atoms with Crippen molar-refractivity contribution in [2.75, 3.05) is 5.32 Å². The number of rotatable bonds is 7. The van der Waals surface area contributed by atoms with Crippen molar-refractivity contribution in [1.82, 2.24) is 20.1 Å². The fourth-order valence-electron chi connectivity index (χ4n) is 4.42. The summed E-state index contributed by atoms with van der Waals surface area (Å²) in [4.78, 5) is 29.4. The van der Waals surface area contributed by atoms with Gasteiger partial charge in [0.15, 0.2) is 5.65 Å². The van der Waals surface area contributed by atoms with E-state index in [1.165, 1.54) is 0 Å². The molecule has 9 heteroatoms. The molecule has 33 heavy (non-hydrogen) atoms. The molecule has 1 fully saturated rings. The average molecular weight is 513 g/mol. The highest BCUT2D eigenvalue weighted by molar-refractivity contribution is 9.10. The maximum atomic E-state index is 13.3.